The van der Waals surface area contributed by atoms with E-state index in [-0.39, 0.29) is 0 Å². The summed E-state index contributed by atoms with van der Waals surface area (Å²) in [6.07, 6.45) is 3.58. The third-order valence-electron chi connectivity index (χ3n) is 2.15. The molecule has 0 amide bonds. The lowest BCUT2D eigenvalue weighted by Crippen LogP contribution is -2.20. The molecule has 0 atom stereocenters. The molecule has 0 heterocycles. The number of rotatable bonds is 4. The monoisotopic (exact) mass is 129 g/mol. The third kappa shape index (κ3) is 1.66. The van der Waals surface area contributed by atoms with Crippen molar-refractivity contribution in [3.05, 3.63) is 0 Å². The summed E-state index contributed by atoms with van der Waals surface area (Å²) in [5.74, 6) is 0. The molecule has 1 fully saturated rings. The first-order chi connectivity index (χ1) is 4.33. The highest BCUT2D eigenvalue weighted by atomic mass is 16.3. The van der Waals surface area contributed by atoms with Gasteiger partial charge in [-0.15, -0.1) is 0 Å². The summed E-state index contributed by atoms with van der Waals surface area (Å²) in [4.78, 5) is 0. The topological polar surface area (TPSA) is 32.3 Å². The minimum atomic E-state index is 0.349. The van der Waals surface area contributed by atoms with Gasteiger partial charge in [-0.2, -0.15) is 0 Å². The molecule has 0 unspecified atom stereocenters. The lowest BCUT2D eigenvalue weighted by molar-refractivity contribution is 0.247. The van der Waals surface area contributed by atoms with Crippen molar-refractivity contribution in [2.24, 2.45) is 5.41 Å². The molecule has 0 aromatic heterocycles. The van der Waals surface area contributed by atoms with E-state index < -0.39 is 0 Å². The molecule has 0 aromatic rings. The molecule has 2 heteroatoms. The fourth-order valence-electron chi connectivity index (χ4n) is 1.30. The summed E-state index contributed by atoms with van der Waals surface area (Å²) in [5, 5.41) is 11.8. The van der Waals surface area contributed by atoms with Gasteiger partial charge < -0.3 is 10.4 Å². The average Bonchev–Trinajstić information content (AvgIpc) is 2.51. The molecule has 1 rings (SSSR count). The van der Waals surface area contributed by atoms with Crippen LogP contribution in [-0.4, -0.2) is 25.3 Å². The second-order valence-electron chi connectivity index (χ2n) is 3.00. The smallest absolute Gasteiger partial charge is 0.0436 e. The Kier molecular flexibility index (Phi) is 2.09. The maximum atomic E-state index is 8.64. The molecule has 0 radical (unpaired) electrons. The van der Waals surface area contributed by atoms with E-state index in [1.54, 1.807) is 0 Å². The second-order valence-corrected chi connectivity index (χ2v) is 3.00. The van der Waals surface area contributed by atoms with Crippen LogP contribution in [0.3, 0.4) is 0 Å². The Morgan fingerprint density at radius 2 is 2.22 bits per heavy atom. The highest BCUT2D eigenvalue weighted by Gasteiger charge is 2.40. The van der Waals surface area contributed by atoms with Gasteiger partial charge in [0.05, 0.1) is 0 Å². The fourth-order valence-corrected chi connectivity index (χ4v) is 1.30. The van der Waals surface area contributed by atoms with Crippen molar-refractivity contribution < 1.29 is 5.11 Å². The lowest BCUT2D eigenvalue weighted by Gasteiger charge is -2.10. The fraction of sp³-hybridized carbons (Fsp3) is 1.00. The van der Waals surface area contributed by atoms with Crippen LogP contribution in [0.4, 0.5) is 0 Å². The Balaban J connectivity index is 2.17. The van der Waals surface area contributed by atoms with Gasteiger partial charge in [0.1, 0.15) is 0 Å². The van der Waals surface area contributed by atoms with Crippen molar-refractivity contribution in [3.63, 3.8) is 0 Å². The van der Waals surface area contributed by atoms with Crippen LogP contribution >= 0.6 is 0 Å². The van der Waals surface area contributed by atoms with E-state index in [0.29, 0.717) is 12.0 Å². The second kappa shape index (κ2) is 2.67. The summed E-state index contributed by atoms with van der Waals surface area (Å²) in [5.41, 5.74) is 0.490. The zero-order valence-electron chi connectivity index (χ0n) is 5.98. The van der Waals surface area contributed by atoms with Gasteiger partial charge in [0.2, 0.25) is 0 Å². The van der Waals surface area contributed by atoms with E-state index in [4.69, 9.17) is 5.11 Å². The minimum absolute atomic E-state index is 0.349. The maximum absolute atomic E-state index is 8.64. The number of hydrogen-bond donors (Lipinski definition) is 2. The molecular formula is C7H15NO. The SMILES string of the molecule is CNCC1(CCO)CC1. The molecule has 0 spiro atoms. The number of hydrogen-bond acceptors (Lipinski definition) is 2. The highest BCUT2D eigenvalue weighted by molar-refractivity contribution is 4.93. The summed E-state index contributed by atoms with van der Waals surface area (Å²) >= 11 is 0. The van der Waals surface area contributed by atoms with E-state index in [1.165, 1.54) is 12.8 Å². The lowest BCUT2D eigenvalue weighted by atomic mass is 10.0. The van der Waals surface area contributed by atoms with Crippen LogP contribution in [0.2, 0.25) is 0 Å². The van der Waals surface area contributed by atoms with E-state index in [2.05, 4.69) is 5.32 Å². The predicted molar refractivity (Wildman–Crippen MR) is 37.3 cm³/mol. The Morgan fingerprint density at radius 3 is 2.56 bits per heavy atom. The van der Waals surface area contributed by atoms with Crippen LogP contribution < -0.4 is 5.32 Å². The summed E-state index contributed by atoms with van der Waals surface area (Å²) in [6.45, 7) is 1.43. The van der Waals surface area contributed by atoms with E-state index >= 15 is 0 Å². The molecule has 2 nitrogen and oxygen atoms in total. The van der Waals surface area contributed by atoms with Crippen molar-refractivity contribution in [1.29, 1.82) is 0 Å². The summed E-state index contributed by atoms with van der Waals surface area (Å²) < 4.78 is 0. The number of nitrogens with one attached hydrogen (secondary N) is 1. The van der Waals surface area contributed by atoms with Gasteiger partial charge in [0, 0.05) is 13.2 Å². The van der Waals surface area contributed by atoms with Gasteiger partial charge >= 0.3 is 0 Å². The van der Waals surface area contributed by atoms with E-state index in [0.717, 1.165) is 13.0 Å². The summed E-state index contributed by atoms with van der Waals surface area (Å²) in [6, 6.07) is 0. The molecule has 0 aliphatic heterocycles. The zero-order valence-corrected chi connectivity index (χ0v) is 5.98. The van der Waals surface area contributed by atoms with E-state index in [9.17, 15) is 0 Å². The molecular weight excluding hydrogens is 114 g/mol. The molecule has 1 aliphatic rings. The Hall–Kier alpha value is -0.0800. The van der Waals surface area contributed by atoms with Crippen molar-refractivity contribution >= 4 is 0 Å². The molecule has 1 saturated carbocycles. The van der Waals surface area contributed by atoms with Gasteiger partial charge in [0.25, 0.3) is 0 Å². The maximum Gasteiger partial charge on any atom is 0.0436 e. The van der Waals surface area contributed by atoms with Gasteiger partial charge in [-0.1, -0.05) is 0 Å². The highest BCUT2D eigenvalue weighted by Crippen LogP contribution is 2.47. The Bertz CT molecular complexity index is 80.9. The van der Waals surface area contributed by atoms with Crippen LogP contribution in [0.5, 0.6) is 0 Å². The van der Waals surface area contributed by atoms with Crippen LogP contribution in [0.1, 0.15) is 19.3 Å². The molecule has 9 heavy (non-hydrogen) atoms. The average molecular weight is 129 g/mol. The Morgan fingerprint density at radius 1 is 1.56 bits per heavy atom. The van der Waals surface area contributed by atoms with Crippen molar-refractivity contribution in [1.82, 2.24) is 5.32 Å². The molecule has 2 N–H and O–H groups in total. The van der Waals surface area contributed by atoms with Crippen molar-refractivity contribution in [3.8, 4) is 0 Å². The number of aliphatic hydroxyl groups is 1. The quantitative estimate of drug-likeness (QED) is 0.574. The standard InChI is InChI=1S/C7H15NO/c1-8-6-7(2-3-7)4-5-9/h8-9H,2-6H2,1H3. The van der Waals surface area contributed by atoms with Gasteiger partial charge in [0.15, 0.2) is 0 Å². The number of aliphatic hydroxyl groups excluding tert-OH is 1. The summed E-state index contributed by atoms with van der Waals surface area (Å²) in [7, 11) is 1.97. The van der Waals surface area contributed by atoms with Gasteiger partial charge in [-0.05, 0) is 31.7 Å². The van der Waals surface area contributed by atoms with Crippen molar-refractivity contribution in [2.75, 3.05) is 20.2 Å². The molecule has 1 aliphatic carbocycles. The first-order valence-corrected chi connectivity index (χ1v) is 3.58. The van der Waals surface area contributed by atoms with E-state index in [1.807, 2.05) is 7.05 Å². The molecule has 54 valence electrons. The van der Waals surface area contributed by atoms with Crippen LogP contribution in [0.25, 0.3) is 0 Å². The Labute approximate surface area is 56.3 Å². The zero-order chi connectivity index (χ0) is 6.74. The molecule has 0 aromatic carbocycles. The molecule has 0 bridgehead atoms. The third-order valence-corrected chi connectivity index (χ3v) is 2.15. The van der Waals surface area contributed by atoms with Gasteiger partial charge in [-0.3, -0.25) is 0 Å². The first kappa shape index (κ1) is 7.03. The predicted octanol–water partition coefficient (Wildman–Crippen LogP) is 0.368. The minimum Gasteiger partial charge on any atom is -0.396 e. The molecule has 0 saturated heterocycles. The largest absolute Gasteiger partial charge is 0.396 e. The van der Waals surface area contributed by atoms with Crippen molar-refractivity contribution in [2.45, 2.75) is 19.3 Å². The van der Waals surface area contributed by atoms with Gasteiger partial charge in [-0.25, -0.2) is 0 Å². The van der Waals surface area contributed by atoms with Crippen LogP contribution in [0, 0.1) is 5.41 Å². The van der Waals surface area contributed by atoms with Crippen LogP contribution in [-0.2, 0) is 0 Å². The van der Waals surface area contributed by atoms with Crippen LogP contribution in [0.15, 0.2) is 0 Å². The first-order valence-electron chi connectivity index (χ1n) is 3.58. The normalized spacial score (nSPS) is 22.0.